The van der Waals surface area contributed by atoms with Crippen molar-refractivity contribution in [3.8, 4) is 0 Å². The SMILES string of the molecule is COCCOC(=O)N1C2CCC1CC(N1CCC3(CC1)CN(C(=O)O[C@H]1CCOC1)c1ccc(F)cc13)C2.Fc1ccc2c(c1)C1(CCN(C[C@H]3C[C@H]4C=CC3C4)CC1)CN2.O=C(OC1CCC1)N1C2CCC1CC(N1CCC3(CC1)C(=O)Nc1ccccc13)C2.[HH].[HH]. The molecule has 3 aromatic carbocycles. The first kappa shape index (κ1) is 61.3. The van der Waals surface area contributed by atoms with E-state index in [0.29, 0.717) is 57.0 Å². The van der Waals surface area contributed by atoms with Crippen molar-refractivity contribution in [2.45, 2.75) is 193 Å². The number of rotatable bonds is 9. The molecule has 2 N–H and O–H groups in total. The smallest absolute Gasteiger partial charge is 0.414 e. The Kier molecular flexibility index (Phi) is 17.2. The molecule has 494 valence electrons. The quantitative estimate of drug-likeness (QED) is 0.119. The number of fused-ring (bicyclic) bond motifs is 12. The number of carbonyl (C=O) groups excluding carboxylic acids is 4. The third kappa shape index (κ3) is 11.8. The molecule has 17 rings (SSSR count). The third-order valence-corrected chi connectivity index (χ3v) is 24.8. The highest BCUT2D eigenvalue weighted by Crippen LogP contribution is 2.52. The van der Waals surface area contributed by atoms with Gasteiger partial charge in [-0.25, -0.2) is 23.2 Å². The standard InChI is InChI=1S/C28H38FN3O6.C24H31N3O3.C20H25FN2.2H2/c1-35-12-13-37-27(34)32-20-3-4-21(32)16-22(15-20)30-9-7-28(8-10-30)18-31(25-5-2-19(29)14-24(25)28)26(33)38-23-6-11-36-17-23;28-22-24(20-6-1-2-7-21(20)25-22)10-12-26(13-11-24)18-14-16-8-9-17(15-18)27(16)23(29)30-19-4-3-5-19;21-17-3-4-19-18(11-17)20(13-22-19)5-7-23(8-6-20)12-16-10-14-1-2-15(16)9-14;;/h2,5,14,20-23H,3-4,6-13,15-18H2,1H3;1-2,6-7,16-19H,3-5,8-15H2,(H,25,28);1-4,11,14-16,22H,5-10,12-13H2;2*1H/t20?,21?,22?,23-;;14-,15?,16+;;/m0.0../s1. The molecule has 14 aliphatic rings. The summed E-state index contributed by atoms with van der Waals surface area (Å²) >= 11 is 0. The Bertz CT molecular complexity index is 3190. The molecule has 2 saturated carbocycles. The summed E-state index contributed by atoms with van der Waals surface area (Å²) in [6.07, 6.45) is 25.0. The van der Waals surface area contributed by atoms with Crippen LogP contribution in [0, 0.1) is 29.4 Å². The predicted octanol–water partition coefficient (Wildman–Crippen LogP) is 11.6. The van der Waals surface area contributed by atoms with Crippen molar-refractivity contribution in [1.29, 1.82) is 0 Å². The monoisotopic (exact) mass is 1260 g/mol. The van der Waals surface area contributed by atoms with Gasteiger partial charge in [0.2, 0.25) is 5.91 Å². The molecular formula is C72H98F2N8O9. The van der Waals surface area contributed by atoms with Crippen LogP contribution in [0.2, 0.25) is 0 Å². The molecule has 3 spiro atoms. The number of amides is 4. The molecule has 11 heterocycles. The molecule has 17 nitrogen and oxygen atoms in total. The van der Waals surface area contributed by atoms with E-state index in [1.807, 2.05) is 29.2 Å². The normalized spacial score (nSPS) is 31.9. The zero-order valence-corrected chi connectivity index (χ0v) is 53.2. The number of anilines is 3. The molecule has 6 bridgehead atoms. The van der Waals surface area contributed by atoms with E-state index in [2.05, 4.69) is 48.5 Å². The summed E-state index contributed by atoms with van der Waals surface area (Å²) in [4.78, 5) is 64.9. The Morgan fingerprint density at radius 1 is 0.626 bits per heavy atom. The second-order valence-electron chi connectivity index (χ2n) is 29.6. The number of methoxy groups -OCH3 is 1. The molecule has 91 heavy (non-hydrogen) atoms. The van der Waals surface area contributed by atoms with Gasteiger partial charge >= 0.3 is 18.3 Å². The largest absolute Gasteiger partial charge is 0.447 e. The average molecular weight is 1260 g/mol. The summed E-state index contributed by atoms with van der Waals surface area (Å²) < 4.78 is 55.3. The topological polar surface area (TPSA) is 158 Å². The van der Waals surface area contributed by atoms with E-state index >= 15 is 0 Å². The van der Waals surface area contributed by atoms with Crippen LogP contribution in [0.25, 0.3) is 0 Å². The van der Waals surface area contributed by atoms with Gasteiger partial charge in [-0.15, -0.1) is 0 Å². The van der Waals surface area contributed by atoms with Gasteiger partial charge in [-0.1, -0.05) is 30.4 Å². The number of ether oxygens (including phenoxy) is 5. The molecule has 0 aromatic heterocycles. The third-order valence-electron chi connectivity index (χ3n) is 24.8. The minimum atomic E-state index is -0.367. The first-order chi connectivity index (χ1) is 44.3. The van der Waals surface area contributed by atoms with Gasteiger partial charge in [0, 0.05) is 94.5 Å². The number of hydrogen-bond donors (Lipinski definition) is 2. The lowest BCUT2D eigenvalue weighted by atomic mass is 9.73. The summed E-state index contributed by atoms with van der Waals surface area (Å²) in [5.41, 5.74) is 5.78. The van der Waals surface area contributed by atoms with Gasteiger partial charge in [0.05, 0.1) is 30.9 Å². The van der Waals surface area contributed by atoms with Crippen LogP contribution < -0.4 is 15.5 Å². The Morgan fingerprint density at radius 3 is 1.89 bits per heavy atom. The second-order valence-corrected chi connectivity index (χ2v) is 29.6. The highest BCUT2D eigenvalue weighted by molar-refractivity contribution is 6.06. The number of nitrogens with one attached hydrogen (secondary N) is 2. The Labute approximate surface area is 538 Å². The number of para-hydroxylation sites is 1. The number of hydrogen-bond acceptors (Lipinski definition) is 13. The zero-order chi connectivity index (χ0) is 62.0. The van der Waals surface area contributed by atoms with Gasteiger partial charge in [0.1, 0.15) is 30.4 Å². The molecule has 11 aliphatic heterocycles. The molecule has 8 atom stereocenters. The fourth-order valence-corrected chi connectivity index (χ4v) is 19.5. The summed E-state index contributed by atoms with van der Waals surface area (Å²) in [5.74, 6) is 2.41. The van der Waals surface area contributed by atoms with Crippen molar-refractivity contribution in [3.63, 3.8) is 0 Å². The summed E-state index contributed by atoms with van der Waals surface area (Å²) in [5, 5.41) is 6.61. The number of halogens is 2. The van der Waals surface area contributed by atoms with Crippen molar-refractivity contribution in [1.82, 2.24) is 24.5 Å². The zero-order valence-electron chi connectivity index (χ0n) is 53.2. The van der Waals surface area contributed by atoms with Crippen LogP contribution in [0.4, 0.5) is 40.2 Å². The molecule has 3 aliphatic carbocycles. The van der Waals surface area contributed by atoms with Crippen LogP contribution >= 0.6 is 0 Å². The van der Waals surface area contributed by atoms with Gasteiger partial charge in [-0.2, -0.15) is 0 Å². The van der Waals surface area contributed by atoms with Crippen molar-refractivity contribution < 1.29 is 54.5 Å². The molecule has 0 radical (unpaired) electrons. The van der Waals surface area contributed by atoms with Gasteiger partial charge in [-0.05, 0) is 238 Å². The summed E-state index contributed by atoms with van der Waals surface area (Å²) in [6.45, 7) is 10.5. The van der Waals surface area contributed by atoms with E-state index in [4.69, 9.17) is 23.7 Å². The highest BCUT2D eigenvalue weighted by Gasteiger charge is 2.54. The lowest BCUT2D eigenvalue weighted by Gasteiger charge is -2.47. The van der Waals surface area contributed by atoms with Gasteiger partial charge in [0.25, 0.3) is 0 Å². The highest BCUT2D eigenvalue weighted by atomic mass is 19.1. The van der Waals surface area contributed by atoms with Crippen molar-refractivity contribution >= 4 is 41.2 Å². The van der Waals surface area contributed by atoms with E-state index in [1.165, 1.54) is 43.0 Å². The minimum absolute atomic E-state index is 0. The lowest BCUT2D eigenvalue weighted by Crippen LogP contribution is -2.56. The van der Waals surface area contributed by atoms with Crippen LogP contribution in [0.15, 0.2) is 72.8 Å². The van der Waals surface area contributed by atoms with Crippen LogP contribution in [0.1, 0.15) is 148 Å². The number of likely N-dealkylation sites (tertiary alicyclic amines) is 3. The van der Waals surface area contributed by atoms with Gasteiger partial charge in [0.15, 0.2) is 0 Å². The van der Waals surface area contributed by atoms with Gasteiger partial charge in [-0.3, -0.25) is 9.69 Å². The minimum Gasteiger partial charge on any atom is -0.447 e. The van der Waals surface area contributed by atoms with Crippen molar-refractivity contribution in [3.05, 3.63) is 101 Å². The van der Waals surface area contributed by atoms with Crippen molar-refractivity contribution in [2.24, 2.45) is 17.8 Å². The van der Waals surface area contributed by atoms with E-state index in [-0.39, 0.29) is 85.8 Å². The van der Waals surface area contributed by atoms with Crippen molar-refractivity contribution in [2.75, 3.05) is 108 Å². The molecule has 4 amide bonds. The predicted molar refractivity (Wildman–Crippen MR) is 345 cm³/mol. The molecular weight excluding hydrogens is 1160 g/mol. The molecule has 10 fully saturated rings. The van der Waals surface area contributed by atoms with Crippen LogP contribution in [0.3, 0.4) is 0 Å². The van der Waals surface area contributed by atoms with Gasteiger partial charge < -0.3 is 58.8 Å². The maximum atomic E-state index is 14.4. The van der Waals surface area contributed by atoms with Crippen LogP contribution in [0.5, 0.6) is 0 Å². The average Bonchev–Trinajstić information content (AvgIpc) is 1.62. The maximum Gasteiger partial charge on any atom is 0.414 e. The number of piperidine rings is 5. The van der Waals surface area contributed by atoms with E-state index < -0.39 is 0 Å². The van der Waals surface area contributed by atoms with Crippen LogP contribution in [-0.2, 0) is 44.7 Å². The molecule has 19 heteroatoms. The van der Waals surface area contributed by atoms with E-state index in [9.17, 15) is 28.0 Å². The maximum absolute atomic E-state index is 14.4. The molecule has 5 unspecified atom stereocenters. The summed E-state index contributed by atoms with van der Waals surface area (Å²) in [6, 6.07) is 20.2. The Balaban J connectivity index is 0.000000129. The van der Waals surface area contributed by atoms with Crippen LogP contribution in [-0.4, -0.2) is 190 Å². The second kappa shape index (κ2) is 25.5. The first-order valence-electron chi connectivity index (χ1n) is 35.0. The Morgan fingerprint density at radius 2 is 1.26 bits per heavy atom. The fourth-order valence-electron chi connectivity index (χ4n) is 19.5. The Hall–Kier alpha value is -5.86. The number of nitrogens with zero attached hydrogens (tertiary/aromatic N) is 6. The van der Waals surface area contributed by atoms with E-state index in [0.717, 1.165) is 189 Å². The number of carbonyl (C=O) groups is 4. The molecule has 8 saturated heterocycles. The van der Waals surface area contributed by atoms with E-state index in [1.54, 1.807) is 36.3 Å². The lowest BCUT2D eigenvalue weighted by molar-refractivity contribution is -0.123. The molecule has 3 aromatic rings. The summed E-state index contributed by atoms with van der Waals surface area (Å²) in [7, 11) is 1.60. The number of benzene rings is 3. The fraction of sp³-hybridized carbons (Fsp3) is 0.667. The number of allylic oxidation sites excluding steroid dienone is 2. The first-order valence-corrected chi connectivity index (χ1v) is 35.0.